The Kier molecular flexibility index (Phi) is 3.87. The number of hydrogen-bond acceptors (Lipinski definition) is 3. The van der Waals surface area contributed by atoms with Crippen molar-refractivity contribution >= 4 is 0 Å². The van der Waals surface area contributed by atoms with E-state index in [1.807, 2.05) is 6.07 Å². The van der Waals surface area contributed by atoms with Gasteiger partial charge in [0.25, 0.3) is 0 Å². The van der Waals surface area contributed by atoms with Crippen LogP contribution >= 0.6 is 0 Å². The van der Waals surface area contributed by atoms with Crippen LogP contribution in [0, 0.1) is 5.92 Å². The minimum absolute atomic E-state index is 0.174. The number of phenols is 1. The maximum absolute atomic E-state index is 9.73. The summed E-state index contributed by atoms with van der Waals surface area (Å²) in [5.74, 6) is 2.04. The molecule has 1 aromatic carbocycles. The molecule has 21 heavy (non-hydrogen) atoms. The second-order valence-electron chi connectivity index (χ2n) is 7.19. The largest absolute Gasteiger partial charge is 0.508 e. The Morgan fingerprint density at radius 2 is 2.00 bits per heavy atom. The predicted molar refractivity (Wildman–Crippen MR) is 84.8 cm³/mol. The van der Waals surface area contributed by atoms with Crippen LogP contribution in [0.4, 0.5) is 0 Å². The molecule has 3 rings (SSSR count). The van der Waals surface area contributed by atoms with Crippen molar-refractivity contribution in [3.8, 4) is 11.5 Å². The van der Waals surface area contributed by atoms with E-state index in [9.17, 15) is 5.11 Å². The highest BCUT2D eigenvalue weighted by molar-refractivity contribution is 5.44. The lowest BCUT2D eigenvalue weighted by Gasteiger charge is -2.44. The van der Waals surface area contributed by atoms with Crippen molar-refractivity contribution in [3.05, 3.63) is 23.8 Å². The number of piperidine rings is 1. The summed E-state index contributed by atoms with van der Waals surface area (Å²) in [7, 11) is 0. The van der Waals surface area contributed by atoms with Crippen molar-refractivity contribution < 1.29 is 9.84 Å². The van der Waals surface area contributed by atoms with Crippen molar-refractivity contribution in [2.75, 3.05) is 13.1 Å². The molecule has 0 amide bonds. The molecule has 2 aliphatic rings. The van der Waals surface area contributed by atoms with Crippen LogP contribution < -0.4 is 4.74 Å². The molecule has 3 heteroatoms. The molecule has 0 radical (unpaired) electrons. The van der Waals surface area contributed by atoms with Crippen molar-refractivity contribution in [3.63, 3.8) is 0 Å². The van der Waals surface area contributed by atoms with E-state index in [4.69, 9.17) is 4.74 Å². The molecule has 1 saturated heterocycles. The number of phenolic OH excluding ortho intramolecular Hbond substituents is 1. The summed E-state index contributed by atoms with van der Waals surface area (Å²) < 4.78 is 6.08. The lowest BCUT2D eigenvalue weighted by atomic mass is 9.86. The molecule has 3 nitrogen and oxygen atoms in total. The number of likely N-dealkylation sites (tertiary alicyclic amines) is 1. The fourth-order valence-corrected chi connectivity index (χ4v) is 3.80. The lowest BCUT2D eigenvalue weighted by molar-refractivity contribution is 0.0179. The van der Waals surface area contributed by atoms with Crippen molar-refractivity contribution in [2.45, 2.75) is 58.1 Å². The minimum atomic E-state index is -0.174. The molecule has 1 fully saturated rings. The second-order valence-corrected chi connectivity index (χ2v) is 7.19. The molecule has 1 atom stereocenters. The van der Waals surface area contributed by atoms with Gasteiger partial charge in [0.1, 0.15) is 17.1 Å². The molecule has 1 N–H and O–H groups in total. The Morgan fingerprint density at radius 3 is 2.67 bits per heavy atom. The zero-order chi connectivity index (χ0) is 15.0. The molecule has 1 aromatic rings. The van der Waals surface area contributed by atoms with Crippen LogP contribution in [0.15, 0.2) is 18.2 Å². The van der Waals surface area contributed by atoms with Crippen LogP contribution in [-0.2, 0) is 0 Å². The SMILES string of the molecule is CCC1CCN(C2CC(C)(C)Oc3cc(O)ccc32)CC1. The lowest BCUT2D eigenvalue weighted by Crippen LogP contribution is -2.44. The van der Waals surface area contributed by atoms with Crippen LogP contribution in [0.1, 0.15) is 58.1 Å². The Morgan fingerprint density at radius 1 is 1.29 bits per heavy atom. The molecule has 2 aliphatic heterocycles. The third-order valence-corrected chi connectivity index (χ3v) is 5.09. The molecule has 0 bridgehead atoms. The summed E-state index contributed by atoms with van der Waals surface area (Å²) in [5, 5.41) is 9.73. The Hall–Kier alpha value is -1.22. The number of nitrogens with zero attached hydrogens (tertiary/aromatic N) is 1. The molecule has 1 unspecified atom stereocenters. The number of benzene rings is 1. The van der Waals surface area contributed by atoms with Gasteiger partial charge in [-0.05, 0) is 51.8 Å². The number of hydrogen-bond donors (Lipinski definition) is 1. The normalized spacial score (nSPS) is 26.1. The van der Waals surface area contributed by atoms with Crippen LogP contribution in [0.25, 0.3) is 0 Å². The van der Waals surface area contributed by atoms with Gasteiger partial charge in [0.2, 0.25) is 0 Å². The quantitative estimate of drug-likeness (QED) is 0.889. The van der Waals surface area contributed by atoms with Gasteiger partial charge in [-0.25, -0.2) is 0 Å². The maximum atomic E-state index is 9.73. The van der Waals surface area contributed by atoms with Gasteiger partial charge < -0.3 is 9.84 Å². The first-order valence-electron chi connectivity index (χ1n) is 8.24. The fourth-order valence-electron chi connectivity index (χ4n) is 3.80. The predicted octanol–water partition coefficient (Wildman–Crippen LogP) is 4.12. The van der Waals surface area contributed by atoms with Crippen molar-refractivity contribution in [1.29, 1.82) is 0 Å². The Bertz CT molecular complexity index is 504. The second kappa shape index (κ2) is 5.53. The zero-order valence-corrected chi connectivity index (χ0v) is 13.4. The van der Waals surface area contributed by atoms with E-state index in [-0.39, 0.29) is 11.4 Å². The van der Waals surface area contributed by atoms with Crippen LogP contribution in [0.5, 0.6) is 11.5 Å². The summed E-state index contributed by atoms with van der Waals surface area (Å²) in [4.78, 5) is 2.62. The van der Waals surface area contributed by atoms with Gasteiger partial charge >= 0.3 is 0 Å². The van der Waals surface area contributed by atoms with E-state index in [0.29, 0.717) is 6.04 Å². The van der Waals surface area contributed by atoms with Crippen molar-refractivity contribution in [1.82, 2.24) is 4.90 Å². The number of aromatic hydroxyl groups is 1. The maximum Gasteiger partial charge on any atom is 0.128 e. The molecule has 2 heterocycles. The van der Waals surface area contributed by atoms with Gasteiger partial charge in [-0.1, -0.05) is 19.4 Å². The first-order valence-corrected chi connectivity index (χ1v) is 8.24. The fraction of sp³-hybridized carbons (Fsp3) is 0.667. The van der Waals surface area contributed by atoms with E-state index in [1.54, 1.807) is 12.1 Å². The highest BCUT2D eigenvalue weighted by Crippen LogP contribution is 2.44. The summed E-state index contributed by atoms with van der Waals surface area (Å²) in [6.45, 7) is 8.95. The van der Waals surface area contributed by atoms with Gasteiger partial charge in [-0.3, -0.25) is 4.90 Å². The molecule has 0 saturated carbocycles. The van der Waals surface area contributed by atoms with E-state index in [2.05, 4.69) is 25.7 Å². The third kappa shape index (κ3) is 3.03. The van der Waals surface area contributed by atoms with E-state index in [0.717, 1.165) is 18.1 Å². The molecular weight excluding hydrogens is 262 g/mol. The highest BCUT2D eigenvalue weighted by atomic mass is 16.5. The molecule has 0 spiro atoms. The summed E-state index contributed by atoms with van der Waals surface area (Å²) >= 11 is 0. The monoisotopic (exact) mass is 289 g/mol. The molecular formula is C18H27NO2. The topological polar surface area (TPSA) is 32.7 Å². The van der Waals surface area contributed by atoms with Crippen LogP contribution in [0.3, 0.4) is 0 Å². The average molecular weight is 289 g/mol. The van der Waals surface area contributed by atoms with Gasteiger partial charge in [0.15, 0.2) is 0 Å². The standard InChI is InChI=1S/C18H27NO2/c1-4-13-7-9-19(10-8-13)16-12-18(2,3)21-17-11-14(20)5-6-15(16)17/h5-6,11,13,16,20H,4,7-10,12H2,1-3H3. The van der Waals surface area contributed by atoms with Crippen LogP contribution in [0.2, 0.25) is 0 Å². The summed E-state index contributed by atoms with van der Waals surface area (Å²) in [6, 6.07) is 6.01. The Labute approximate surface area is 127 Å². The summed E-state index contributed by atoms with van der Waals surface area (Å²) in [6.07, 6.45) is 4.93. The smallest absolute Gasteiger partial charge is 0.128 e. The van der Waals surface area contributed by atoms with Gasteiger partial charge in [0.05, 0.1) is 0 Å². The first kappa shape index (κ1) is 14.7. The minimum Gasteiger partial charge on any atom is -0.508 e. The third-order valence-electron chi connectivity index (χ3n) is 5.09. The van der Waals surface area contributed by atoms with E-state index >= 15 is 0 Å². The molecule has 0 aliphatic carbocycles. The van der Waals surface area contributed by atoms with Crippen molar-refractivity contribution in [2.24, 2.45) is 5.92 Å². The number of ether oxygens (including phenoxy) is 1. The highest BCUT2D eigenvalue weighted by Gasteiger charge is 2.37. The molecule has 0 aromatic heterocycles. The zero-order valence-electron chi connectivity index (χ0n) is 13.4. The van der Waals surface area contributed by atoms with E-state index in [1.165, 1.54) is 37.9 Å². The van der Waals surface area contributed by atoms with Gasteiger partial charge in [0, 0.05) is 24.1 Å². The molecule has 116 valence electrons. The number of fused-ring (bicyclic) bond motifs is 1. The first-order chi connectivity index (χ1) is 9.98. The van der Waals surface area contributed by atoms with Gasteiger partial charge in [-0.2, -0.15) is 0 Å². The Balaban J connectivity index is 1.85. The van der Waals surface area contributed by atoms with E-state index < -0.39 is 0 Å². The van der Waals surface area contributed by atoms with Gasteiger partial charge in [-0.15, -0.1) is 0 Å². The van der Waals surface area contributed by atoms with Crippen LogP contribution in [-0.4, -0.2) is 28.7 Å². The number of rotatable bonds is 2. The summed E-state index contributed by atoms with van der Waals surface area (Å²) in [5.41, 5.74) is 1.06. The average Bonchev–Trinajstić information content (AvgIpc) is 2.45.